The molecule has 4 aromatic rings. The van der Waals surface area contributed by atoms with Gasteiger partial charge in [-0.15, -0.1) is 11.3 Å². The third-order valence-electron chi connectivity index (χ3n) is 6.23. The first-order valence-corrected chi connectivity index (χ1v) is 11.8. The number of para-hydroxylation sites is 1. The fourth-order valence-corrected chi connectivity index (χ4v) is 5.14. The maximum atomic E-state index is 12.8. The highest BCUT2D eigenvalue weighted by Gasteiger charge is 2.37. The molecule has 0 saturated carbocycles. The molecule has 1 amide bonds. The lowest BCUT2D eigenvalue weighted by molar-refractivity contribution is -0.132. The Bertz CT molecular complexity index is 1180. The van der Waals surface area contributed by atoms with Crippen LogP contribution in [-0.2, 0) is 16.6 Å². The summed E-state index contributed by atoms with van der Waals surface area (Å²) in [5, 5.41) is 5.35. The molecule has 32 heavy (non-hydrogen) atoms. The second kappa shape index (κ2) is 8.78. The number of hydrogen-bond donors (Lipinski definition) is 0. The van der Waals surface area contributed by atoms with Crippen molar-refractivity contribution in [2.75, 3.05) is 13.1 Å². The topological polar surface area (TPSA) is 85.0 Å². The fraction of sp³-hybridized carbons (Fsp3) is 0.375. The molecule has 1 saturated heterocycles. The van der Waals surface area contributed by atoms with E-state index in [0.29, 0.717) is 18.1 Å². The molecule has 8 heteroatoms. The van der Waals surface area contributed by atoms with E-state index in [2.05, 4.69) is 33.1 Å². The van der Waals surface area contributed by atoms with Crippen LogP contribution in [-0.4, -0.2) is 44.0 Å². The first kappa shape index (κ1) is 20.8. The normalized spacial score (nSPS) is 15.8. The predicted octanol–water partition coefficient (Wildman–Crippen LogP) is 4.64. The van der Waals surface area contributed by atoms with E-state index >= 15 is 0 Å². The Morgan fingerprint density at radius 3 is 2.69 bits per heavy atom. The van der Waals surface area contributed by atoms with Crippen molar-refractivity contribution in [3.8, 4) is 11.5 Å². The summed E-state index contributed by atoms with van der Waals surface area (Å²) in [6.07, 6.45) is 7.30. The van der Waals surface area contributed by atoms with Crippen molar-refractivity contribution in [3.63, 3.8) is 0 Å². The minimum absolute atomic E-state index is 0.188. The van der Waals surface area contributed by atoms with Crippen LogP contribution in [0.15, 0.2) is 53.3 Å². The summed E-state index contributed by atoms with van der Waals surface area (Å²) in [7, 11) is 0. The van der Waals surface area contributed by atoms with Crippen molar-refractivity contribution < 1.29 is 9.32 Å². The first-order chi connectivity index (χ1) is 15.6. The minimum Gasteiger partial charge on any atom is -0.343 e. The molecule has 1 aromatic carbocycles. The molecule has 0 radical (unpaired) electrons. The number of thiazole rings is 1. The van der Waals surface area contributed by atoms with E-state index in [1.165, 1.54) is 4.70 Å². The van der Waals surface area contributed by atoms with Gasteiger partial charge >= 0.3 is 0 Å². The standard InChI is InChI=1S/C24H25N5O2S/c1-24(23-27-22(31-28-23)17-9-13-25-14-10-17)11-15-29(16-12-24)21(30)8-4-7-20-26-18-5-2-3-6-19(18)32-20/h2-3,5-6,9-10,13-14H,4,7-8,11-12,15-16H2,1H3. The molecule has 0 spiro atoms. The van der Waals surface area contributed by atoms with Crippen molar-refractivity contribution in [1.29, 1.82) is 0 Å². The quantitative estimate of drug-likeness (QED) is 0.428. The molecule has 0 N–H and O–H groups in total. The molecular weight excluding hydrogens is 422 g/mol. The summed E-state index contributed by atoms with van der Waals surface area (Å²) in [5.41, 5.74) is 1.72. The molecule has 1 fully saturated rings. The summed E-state index contributed by atoms with van der Waals surface area (Å²) in [6, 6.07) is 11.9. The molecule has 1 aliphatic heterocycles. The summed E-state index contributed by atoms with van der Waals surface area (Å²) in [6.45, 7) is 3.59. The third-order valence-corrected chi connectivity index (χ3v) is 7.33. The van der Waals surface area contributed by atoms with Crippen LogP contribution in [0.2, 0.25) is 0 Å². The Hall–Kier alpha value is -3.13. The zero-order valence-electron chi connectivity index (χ0n) is 18.0. The van der Waals surface area contributed by atoms with E-state index < -0.39 is 0 Å². The highest BCUT2D eigenvalue weighted by Crippen LogP contribution is 2.34. The largest absolute Gasteiger partial charge is 0.343 e. The van der Waals surface area contributed by atoms with Gasteiger partial charge in [0, 0.05) is 42.9 Å². The number of hydrogen-bond acceptors (Lipinski definition) is 7. The Balaban J connectivity index is 1.14. The van der Waals surface area contributed by atoms with E-state index in [1.54, 1.807) is 23.7 Å². The van der Waals surface area contributed by atoms with Crippen LogP contribution in [0.5, 0.6) is 0 Å². The number of nitrogens with zero attached hydrogens (tertiary/aromatic N) is 5. The lowest BCUT2D eigenvalue weighted by Crippen LogP contribution is -2.44. The van der Waals surface area contributed by atoms with E-state index in [0.717, 1.165) is 54.9 Å². The van der Waals surface area contributed by atoms with Crippen molar-refractivity contribution in [3.05, 3.63) is 59.6 Å². The molecule has 0 unspecified atom stereocenters. The van der Waals surface area contributed by atoms with Crippen LogP contribution < -0.4 is 0 Å². The summed E-state index contributed by atoms with van der Waals surface area (Å²) >= 11 is 1.72. The number of pyridine rings is 1. The second-order valence-electron chi connectivity index (χ2n) is 8.53. The number of aromatic nitrogens is 4. The zero-order chi connectivity index (χ0) is 22.0. The van der Waals surface area contributed by atoms with Gasteiger partial charge in [0.15, 0.2) is 5.82 Å². The Morgan fingerprint density at radius 2 is 1.91 bits per heavy atom. The molecule has 164 valence electrons. The van der Waals surface area contributed by atoms with Gasteiger partial charge in [-0.25, -0.2) is 4.98 Å². The average molecular weight is 448 g/mol. The number of benzene rings is 1. The number of amides is 1. The van der Waals surface area contributed by atoms with Gasteiger partial charge in [-0.1, -0.05) is 24.2 Å². The number of aryl methyl sites for hydroxylation is 1. The number of carbonyl (C=O) groups is 1. The summed E-state index contributed by atoms with van der Waals surface area (Å²) < 4.78 is 6.69. The lowest BCUT2D eigenvalue weighted by Gasteiger charge is -2.37. The fourth-order valence-electron chi connectivity index (χ4n) is 4.13. The monoisotopic (exact) mass is 447 g/mol. The molecule has 1 aliphatic rings. The van der Waals surface area contributed by atoms with Gasteiger partial charge in [-0.05, 0) is 49.9 Å². The van der Waals surface area contributed by atoms with Gasteiger partial charge in [-0.2, -0.15) is 4.98 Å². The Kier molecular flexibility index (Phi) is 5.70. The minimum atomic E-state index is -0.188. The molecule has 0 bridgehead atoms. The van der Waals surface area contributed by atoms with Crippen LogP contribution in [0.1, 0.15) is 43.4 Å². The third kappa shape index (κ3) is 4.27. The number of fused-ring (bicyclic) bond motifs is 1. The predicted molar refractivity (Wildman–Crippen MR) is 123 cm³/mol. The smallest absolute Gasteiger partial charge is 0.258 e. The van der Waals surface area contributed by atoms with E-state index in [1.807, 2.05) is 35.2 Å². The van der Waals surface area contributed by atoms with Crippen LogP contribution in [0.3, 0.4) is 0 Å². The molecule has 0 atom stereocenters. The Morgan fingerprint density at radius 1 is 1.12 bits per heavy atom. The maximum absolute atomic E-state index is 12.8. The zero-order valence-corrected chi connectivity index (χ0v) is 18.8. The maximum Gasteiger partial charge on any atom is 0.258 e. The summed E-state index contributed by atoms with van der Waals surface area (Å²) in [5.74, 6) is 1.45. The van der Waals surface area contributed by atoms with Gasteiger partial charge < -0.3 is 9.42 Å². The van der Waals surface area contributed by atoms with Crippen LogP contribution in [0.4, 0.5) is 0 Å². The lowest BCUT2D eigenvalue weighted by atomic mass is 9.79. The molecule has 5 rings (SSSR count). The van der Waals surface area contributed by atoms with Crippen molar-refractivity contribution in [2.24, 2.45) is 0 Å². The van der Waals surface area contributed by atoms with E-state index in [9.17, 15) is 4.79 Å². The molecule has 0 aliphatic carbocycles. The molecule has 7 nitrogen and oxygen atoms in total. The number of rotatable bonds is 6. The van der Waals surface area contributed by atoms with Crippen molar-refractivity contribution >= 4 is 27.5 Å². The van der Waals surface area contributed by atoms with Gasteiger partial charge in [0.2, 0.25) is 5.91 Å². The number of likely N-dealkylation sites (tertiary alicyclic amines) is 1. The van der Waals surface area contributed by atoms with E-state index in [-0.39, 0.29) is 11.3 Å². The van der Waals surface area contributed by atoms with Crippen molar-refractivity contribution in [1.82, 2.24) is 25.0 Å². The van der Waals surface area contributed by atoms with Crippen LogP contribution in [0.25, 0.3) is 21.7 Å². The average Bonchev–Trinajstić information content (AvgIpc) is 3.48. The van der Waals surface area contributed by atoms with Crippen molar-refractivity contribution in [2.45, 2.75) is 44.4 Å². The number of carbonyl (C=O) groups excluding carboxylic acids is 1. The molecular formula is C24H25N5O2S. The van der Waals surface area contributed by atoms with Gasteiger partial charge in [0.25, 0.3) is 5.89 Å². The van der Waals surface area contributed by atoms with E-state index in [4.69, 9.17) is 4.52 Å². The molecule has 4 heterocycles. The molecule has 3 aromatic heterocycles. The number of piperidine rings is 1. The second-order valence-corrected chi connectivity index (χ2v) is 9.64. The summed E-state index contributed by atoms with van der Waals surface area (Å²) in [4.78, 5) is 28.0. The highest BCUT2D eigenvalue weighted by atomic mass is 32.1. The van der Waals surface area contributed by atoms with Crippen LogP contribution in [0, 0.1) is 0 Å². The highest BCUT2D eigenvalue weighted by molar-refractivity contribution is 7.18. The first-order valence-electron chi connectivity index (χ1n) is 11.0. The van der Waals surface area contributed by atoms with Crippen LogP contribution >= 0.6 is 11.3 Å². The van der Waals surface area contributed by atoms with Gasteiger partial charge in [-0.3, -0.25) is 9.78 Å². The van der Waals surface area contributed by atoms with Gasteiger partial charge in [0.1, 0.15) is 0 Å². The SMILES string of the molecule is CC1(c2noc(-c3ccncc3)n2)CCN(C(=O)CCCc2nc3ccccc3s2)CC1. The Labute approximate surface area is 190 Å². The van der Waals surface area contributed by atoms with Gasteiger partial charge in [0.05, 0.1) is 15.2 Å².